The van der Waals surface area contributed by atoms with Gasteiger partial charge in [-0.3, -0.25) is 19.4 Å². The lowest BCUT2D eigenvalue weighted by atomic mass is 9.70. The highest BCUT2D eigenvalue weighted by atomic mass is 16.1. The maximum Gasteiger partial charge on any atom is 0.275 e. The Balaban J connectivity index is 0.000000177. The first-order valence-corrected chi connectivity index (χ1v) is 16.8. The fraction of sp³-hybridized carbons (Fsp3) is 0.561. The van der Waals surface area contributed by atoms with Crippen LogP contribution < -0.4 is 11.1 Å². The lowest BCUT2D eigenvalue weighted by Crippen LogP contribution is -2.35. The number of fused-ring (bicyclic) bond motifs is 10. The highest BCUT2D eigenvalue weighted by Crippen LogP contribution is 2.67. The second-order valence-corrected chi connectivity index (χ2v) is 16.2. The Labute approximate surface area is 282 Å². The molecule has 2 aromatic carbocycles. The van der Waals surface area contributed by atoms with Crippen molar-refractivity contribution in [1.29, 1.82) is 0 Å². The molecule has 8 rings (SSSR count). The molecular weight excluding hydrogens is 580 g/mol. The van der Waals surface area contributed by atoms with Crippen LogP contribution >= 0.6 is 0 Å². The van der Waals surface area contributed by atoms with Gasteiger partial charge < -0.3 is 0 Å². The number of hydrogen-bond acceptors (Lipinski definition) is 2. The second-order valence-electron chi connectivity index (χ2n) is 16.2. The number of benzene rings is 2. The Bertz CT molecular complexity index is 2010. The van der Waals surface area contributed by atoms with E-state index in [0.29, 0.717) is 11.8 Å². The van der Waals surface area contributed by atoms with E-state index in [4.69, 9.17) is 0 Å². The maximum atomic E-state index is 13.3. The molecule has 0 aliphatic heterocycles. The smallest absolute Gasteiger partial charge is 0.275 e. The third-order valence-corrected chi connectivity index (χ3v) is 14.1. The second kappa shape index (κ2) is 10.7. The number of H-pyrrole nitrogens is 1. The SMILES string of the molecule is C.C.Cc1cccc(-n2[nH]c3c(c2=O)[C@H]2CC[C@]3(C)C2(C)C)c1C.Cc1cccc(-n2c(=O)c3c(n2C)[C@]2(C)CC[C@H]3C2(C)C)c1C. The summed E-state index contributed by atoms with van der Waals surface area (Å²) in [6.45, 7) is 22.4. The summed E-state index contributed by atoms with van der Waals surface area (Å²) in [6.07, 6.45) is 4.63. The zero-order valence-corrected chi connectivity index (χ0v) is 29.1. The molecule has 254 valence electrons. The number of aromatic amines is 1. The van der Waals surface area contributed by atoms with Crippen LogP contribution in [0.4, 0.5) is 0 Å². The summed E-state index contributed by atoms with van der Waals surface area (Å²) in [6, 6.07) is 12.4. The predicted molar refractivity (Wildman–Crippen MR) is 196 cm³/mol. The molecule has 2 heterocycles. The van der Waals surface area contributed by atoms with Crippen LogP contribution in [0.2, 0.25) is 0 Å². The molecule has 0 spiro atoms. The van der Waals surface area contributed by atoms with Crippen LogP contribution in [0, 0.1) is 38.5 Å². The lowest BCUT2D eigenvalue weighted by molar-refractivity contribution is 0.218. The van der Waals surface area contributed by atoms with Gasteiger partial charge in [0.1, 0.15) is 0 Å². The van der Waals surface area contributed by atoms with Gasteiger partial charge in [-0.2, -0.15) is 0 Å². The maximum absolute atomic E-state index is 13.3. The van der Waals surface area contributed by atoms with Gasteiger partial charge in [-0.05, 0) is 110 Å². The van der Waals surface area contributed by atoms with Crippen molar-refractivity contribution in [3.05, 3.63) is 102 Å². The predicted octanol–water partition coefficient (Wildman–Crippen LogP) is 9.20. The van der Waals surface area contributed by atoms with E-state index < -0.39 is 0 Å². The molecule has 4 atom stereocenters. The van der Waals surface area contributed by atoms with Crippen molar-refractivity contribution in [3.63, 3.8) is 0 Å². The zero-order chi connectivity index (χ0) is 32.6. The highest BCUT2D eigenvalue weighted by Gasteiger charge is 2.63. The average molecular weight is 639 g/mol. The molecule has 4 aliphatic rings. The van der Waals surface area contributed by atoms with Crippen LogP contribution in [-0.4, -0.2) is 19.1 Å². The van der Waals surface area contributed by atoms with Gasteiger partial charge in [-0.25, -0.2) is 9.36 Å². The molecule has 6 nitrogen and oxygen atoms in total. The van der Waals surface area contributed by atoms with Crippen LogP contribution in [0.25, 0.3) is 11.4 Å². The summed E-state index contributed by atoms with van der Waals surface area (Å²) in [5.41, 5.74) is 12.3. The highest BCUT2D eigenvalue weighted by molar-refractivity contribution is 5.51. The summed E-state index contributed by atoms with van der Waals surface area (Å²) in [7, 11) is 2.06. The third-order valence-electron chi connectivity index (χ3n) is 14.1. The number of nitrogens with one attached hydrogen (secondary N) is 1. The Morgan fingerprint density at radius 1 is 0.681 bits per heavy atom. The van der Waals surface area contributed by atoms with Crippen molar-refractivity contribution in [3.8, 4) is 11.4 Å². The fourth-order valence-electron chi connectivity index (χ4n) is 10.1. The van der Waals surface area contributed by atoms with Crippen molar-refractivity contribution >= 4 is 0 Å². The first kappa shape index (κ1) is 34.8. The van der Waals surface area contributed by atoms with E-state index in [1.165, 1.54) is 46.5 Å². The molecule has 4 aliphatic carbocycles. The number of rotatable bonds is 2. The van der Waals surface area contributed by atoms with E-state index in [0.717, 1.165) is 35.3 Å². The fourth-order valence-corrected chi connectivity index (χ4v) is 10.1. The minimum Gasteiger partial charge on any atom is -0.294 e. The van der Waals surface area contributed by atoms with Gasteiger partial charge in [0, 0.05) is 34.7 Å². The van der Waals surface area contributed by atoms with Gasteiger partial charge in [0.15, 0.2) is 0 Å². The number of aryl methyl sites for hydroxylation is 2. The topological polar surface area (TPSA) is 64.7 Å². The molecule has 0 amide bonds. The molecule has 0 saturated heterocycles. The minimum absolute atomic E-state index is 0. The van der Waals surface area contributed by atoms with Gasteiger partial charge in [-0.1, -0.05) is 80.7 Å². The van der Waals surface area contributed by atoms with Gasteiger partial charge in [0.25, 0.3) is 11.1 Å². The monoisotopic (exact) mass is 638 g/mol. The molecule has 2 aromatic heterocycles. The Morgan fingerprint density at radius 3 is 1.72 bits per heavy atom. The summed E-state index contributed by atoms with van der Waals surface area (Å²) in [4.78, 5) is 26.4. The van der Waals surface area contributed by atoms with Crippen LogP contribution in [0.15, 0.2) is 46.0 Å². The van der Waals surface area contributed by atoms with Crippen LogP contribution in [0.1, 0.15) is 139 Å². The Kier molecular flexibility index (Phi) is 7.94. The van der Waals surface area contributed by atoms with E-state index in [1.54, 1.807) is 4.68 Å². The van der Waals surface area contributed by atoms with Gasteiger partial charge in [-0.15, -0.1) is 0 Å². The standard InChI is InChI=1S/C20H26N2O.C19H24N2O.2CH4/c1-12-8-7-9-15(13(12)2)22-18(23)16-14-10-11-20(5,19(14,3)4)17(16)21(22)6;1-11-7-6-8-14(12(11)2)21-17(22)15-13-9-10-19(5,16(15)20-21)18(13,3)4;;/h7-9,14H,10-11H2,1-6H3;6-8,13,20H,9-10H2,1-5H3;2*1H4/t14-,20+;13-,19+;;/m11../s1. The molecule has 1 N–H and O–H groups in total. The quantitative estimate of drug-likeness (QED) is 0.238. The van der Waals surface area contributed by atoms with Crippen molar-refractivity contribution in [2.24, 2.45) is 17.9 Å². The third kappa shape index (κ3) is 4.08. The number of aromatic nitrogens is 4. The summed E-state index contributed by atoms with van der Waals surface area (Å²) < 4.78 is 5.82. The molecule has 4 bridgehead atoms. The van der Waals surface area contributed by atoms with Gasteiger partial charge in [0.05, 0.1) is 17.1 Å². The van der Waals surface area contributed by atoms with Crippen LogP contribution in [0.3, 0.4) is 0 Å². The molecule has 6 heteroatoms. The number of nitrogens with zero attached hydrogens (tertiary/aromatic N) is 3. The number of hydrogen-bond donors (Lipinski definition) is 1. The van der Waals surface area contributed by atoms with E-state index in [2.05, 4.69) is 104 Å². The van der Waals surface area contributed by atoms with Crippen molar-refractivity contribution < 1.29 is 0 Å². The van der Waals surface area contributed by atoms with Crippen molar-refractivity contribution in [2.75, 3.05) is 0 Å². The molecule has 0 radical (unpaired) electrons. The van der Waals surface area contributed by atoms with Crippen molar-refractivity contribution in [2.45, 2.75) is 132 Å². The molecule has 0 unspecified atom stereocenters. The summed E-state index contributed by atoms with van der Waals surface area (Å²) in [5, 5.41) is 3.48. The first-order chi connectivity index (χ1) is 21.0. The summed E-state index contributed by atoms with van der Waals surface area (Å²) in [5.74, 6) is 0.787. The average Bonchev–Trinajstić information content (AvgIpc) is 3.69. The largest absolute Gasteiger partial charge is 0.294 e. The van der Waals surface area contributed by atoms with Crippen LogP contribution in [-0.2, 0) is 17.9 Å². The van der Waals surface area contributed by atoms with E-state index in [1.807, 2.05) is 22.9 Å². The molecule has 4 aromatic rings. The normalized spacial score (nSPS) is 26.6. The van der Waals surface area contributed by atoms with E-state index in [-0.39, 0.29) is 47.6 Å². The summed E-state index contributed by atoms with van der Waals surface area (Å²) >= 11 is 0. The lowest BCUT2D eigenvalue weighted by Gasteiger charge is -2.36. The molecular formula is C41H58N4O2. The van der Waals surface area contributed by atoms with Gasteiger partial charge >= 0.3 is 0 Å². The molecule has 47 heavy (non-hydrogen) atoms. The van der Waals surface area contributed by atoms with E-state index in [9.17, 15) is 9.59 Å². The first-order valence-electron chi connectivity index (χ1n) is 16.8. The Morgan fingerprint density at radius 2 is 1.17 bits per heavy atom. The molecule has 2 saturated carbocycles. The van der Waals surface area contributed by atoms with Crippen molar-refractivity contribution in [1.82, 2.24) is 19.1 Å². The van der Waals surface area contributed by atoms with Gasteiger partial charge in [0.2, 0.25) is 0 Å². The Hall–Kier alpha value is -3.54. The van der Waals surface area contributed by atoms with Crippen LogP contribution in [0.5, 0.6) is 0 Å². The minimum atomic E-state index is 0. The zero-order valence-electron chi connectivity index (χ0n) is 29.1. The molecule has 2 fully saturated rings. The van der Waals surface area contributed by atoms with E-state index >= 15 is 0 Å².